The molecule has 0 radical (unpaired) electrons. The lowest BCUT2D eigenvalue weighted by atomic mass is 9.79. The predicted molar refractivity (Wildman–Crippen MR) is 74.5 cm³/mol. The molecule has 1 aliphatic heterocycles. The van der Waals surface area contributed by atoms with Gasteiger partial charge in [-0.2, -0.15) is 0 Å². The van der Waals surface area contributed by atoms with Gasteiger partial charge in [0.25, 0.3) is 5.91 Å². The van der Waals surface area contributed by atoms with E-state index in [2.05, 4.69) is 10.5 Å². The Bertz CT molecular complexity index is 467. The summed E-state index contributed by atoms with van der Waals surface area (Å²) in [5.74, 6) is -1.10. The third-order valence-corrected chi connectivity index (χ3v) is 3.50. The van der Waals surface area contributed by atoms with Gasteiger partial charge in [0, 0.05) is 0 Å². The summed E-state index contributed by atoms with van der Waals surface area (Å²) < 4.78 is 10.3. The van der Waals surface area contributed by atoms with Gasteiger partial charge >= 0.3 is 7.12 Å². The van der Waals surface area contributed by atoms with Gasteiger partial charge in [-0.15, -0.1) is 11.3 Å². The maximum atomic E-state index is 12.2. The van der Waals surface area contributed by atoms with Crippen molar-refractivity contribution in [1.82, 2.24) is 5.32 Å². The normalized spacial score (nSPS) is 20.4. The number of carbonyl (C=O) groups is 1. The first-order valence-corrected chi connectivity index (χ1v) is 6.93. The summed E-state index contributed by atoms with van der Waals surface area (Å²) in [6, 6.07) is 3.57. The van der Waals surface area contributed by atoms with Crippen molar-refractivity contribution in [3.05, 3.63) is 22.4 Å². The molecule has 0 spiro atoms. The summed E-state index contributed by atoms with van der Waals surface area (Å²) in [5.41, 5.74) is 0.152. The molecule has 1 amide bonds. The van der Waals surface area contributed by atoms with Crippen LogP contribution in [0.2, 0.25) is 0 Å². The number of nitrogens with zero attached hydrogens (tertiary/aromatic N) is 1. The number of nitrogens with one attached hydrogen (secondary N) is 1. The molecular formula is C11H15BN2O5S. The number of hydrogen-bond acceptors (Lipinski definition) is 7. The highest BCUT2D eigenvalue weighted by atomic mass is 32.1. The van der Waals surface area contributed by atoms with E-state index in [1.54, 1.807) is 6.07 Å². The maximum Gasteiger partial charge on any atom is 0.480 e. The molecule has 108 valence electrons. The Morgan fingerprint density at radius 2 is 2.50 bits per heavy atom. The Balaban J connectivity index is 2.07. The van der Waals surface area contributed by atoms with E-state index in [0.29, 0.717) is 11.5 Å². The maximum absolute atomic E-state index is 12.2. The molecule has 0 aliphatic carbocycles. The fraction of sp³-hybridized carbons (Fsp3) is 0.455. The number of oxime groups is 1. The number of rotatable bonds is 4. The van der Waals surface area contributed by atoms with Crippen LogP contribution in [-0.4, -0.2) is 56.6 Å². The van der Waals surface area contributed by atoms with Crippen LogP contribution in [0.3, 0.4) is 0 Å². The van der Waals surface area contributed by atoms with E-state index >= 15 is 0 Å². The van der Waals surface area contributed by atoms with Crippen molar-refractivity contribution in [2.45, 2.75) is 5.94 Å². The topological polar surface area (TPSA) is 89.4 Å². The molecule has 1 atom stereocenters. The molecule has 1 aromatic heterocycles. The molecule has 2 rings (SSSR count). The molecule has 0 bridgehead atoms. The second-order valence-corrected chi connectivity index (χ2v) is 4.96. The summed E-state index contributed by atoms with van der Waals surface area (Å²) >= 11 is 1.37. The van der Waals surface area contributed by atoms with Gasteiger partial charge in [-0.25, -0.2) is 0 Å². The smallest absolute Gasteiger partial charge is 0.426 e. The average molecular weight is 298 g/mol. The fourth-order valence-electron chi connectivity index (χ4n) is 1.69. The molecule has 1 unspecified atom stereocenters. The van der Waals surface area contributed by atoms with Gasteiger partial charge < -0.3 is 24.6 Å². The Labute approximate surface area is 120 Å². The van der Waals surface area contributed by atoms with E-state index < -0.39 is 19.0 Å². The summed E-state index contributed by atoms with van der Waals surface area (Å²) in [5, 5.41) is 18.0. The molecule has 0 saturated carbocycles. The van der Waals surface area contributed by atoms with Gasteiger partial charge in [0.05, 0.1) is 30.6 Å². The van der Waals surface area contributed by atoms with Crippen molar-refractivity contribution in [1.29, 1.82) is 0 Å². The molecule has 1 fully saturated rings. The molecule has 7 nitrogen and oxygen atoms in total. The van der Waals surface area contributed by atoms with Crippen LogP contribution >= 0.6 is 11.3 Å². The zero-order valence-corrected chi connectivity index (χ0v) is 11.8. The molecule has 1 saturated heterocycles. The van der Waals surface area contributed by atoms with E-state index in [-0.39, 0.29) is 18.9 Å². The second-order valence-electron chi connectivity index (χ2n) is 4.02. The summed E-state index contributed by atoms with van der Waals surface area (Å²) in [7, 11) is 0.265. The minimum atomic E-state index is -1.10. The molecule has 2 N–H and O–H groups in total. The van der Waals surface area contributed by atoms with Crippen molar-refractivity contribution in [3.63, 3.8) is 0 Å². The highest BCUT2D eigenvalue weighted by molar-refractivity contribution is 7.13. The van der Waals surface area contributed by atoms with Gasteiger partial charge in [-0.05, 0) is 11.4 Å². The number of amides is 1. The van der Waals surface area contributed by atoms with Crippen LogP contribution < -0.4 is 5.32 Å². The van der Waals surface area contributed by atoms with Crippen LogP contribution in [0.25, 0.3) is 0 Å². The summed E-state index contributed by atoms with van der Waals surface area (Å²) in [6.45, 7) is 0.850. The molecule has 2 heterocycles. The summed E-state index contributed by atoms with van der Waals surface area (Å²) in [6.07, 6.45) is 0. The van der Waals surface area contributed by atoms with Crippen LogP contribution in [0.1, 0.15) is 4.88 Å². The SMILES string of the molecule is CO/N=C(/C(=O)NC1COCCOB1O)c1cccs1. The Hall–Kier alpha value is -1.42. The molecular weight excluding hydrogens is 283 g/mol. The Kier molecular flexibility index (Phi) is 5.54. The molecule has 1 aliphatic rings. The quantitative estimate of drug-likeness (QED) is 0.450. The van der Waals surface area contributed by atoms with Gasteiger partial charge in [-0.1, -0.05) is 11.2 Å². The first-order chi connectivity index (χ1) is 9.72. The lowest BCUT2D eigenvalue weighted by Gasteiger charge is -2.17. The van der Waals surface area contributed by atoms with Crippen LogP contribution in [-0.2, 0) is 19.0 Å². The molecule has 0 aromatic carbocycles. The highest BCUT2D eigenvalue weighted by Crippen LogP contribution is 2.11. The van der Waals surface area contributed by atoms with E-state index in [1.807, 2.05) is 11.4 Å². The standard InChI is InChI=1S/C11H15BN2O5S/c1-17-14-10(8-3-2-6-20-8)11(15)13-9-7-18-4-5-19-12(9)16/h2-3,6,9,16H,4-5,7H2,1H3,(H,13,15)/b14-10+. The van der Waals surface area contributed by atoms with Crippen molar-refractivity contribution < 1.29 is 24.0 Å². The predicted octanol–water partition coefficient (Wildman–Crippen LogP) is -0.350. The van der Waals surface area contributed by atoms with E-state index in [9.17, 15) is 9.82 Å². The first kappa shape index (κ1) is 15.0. The lowest BCUT2D eigenvalue weighted by molar-refractivity contribution is -0.115. The van der Waals surface area contributed by atoms with Crippen molar-refractivity contribution >= 4 is 30.1 Å². The zero-order chi connectivity index (χ0) is 14.4. The molecule has 20 heavy (non-hydrogen) atoms. The van der Waals surface area contributed by atoms with E-state index in [0.717, 1.165) is 0 Å². The van der Waals surface area contributed by atoms with Gasteiger partial charge in [0.15, 0.2) is 5.71 Å². The third-order valence-electron chi connectivity index (χ3n) is 2.63. The van der Waals surface area contributed by atoms with E-state index in [1.165, 1.54) is 18.4 Å². The van der Waals surface area contributed by atoms with Gasteiger partial charge in [-0.3, -0.25) is 4.79 Å². The van der Waals surface area contributed by atoms with Crippen LogP contribution in [0, 0.1) is 0 Å². The van der Waals surface area contributed by atoms with Crippen LogP contribution in [0.15, 0.2) is 22.7 Å². The lowest BCUT2D eigenvalue weighted by Crippen LogP contribution is -2.51. The monoisotopic (exact) mass is 298 g/mol. The average Bonchev–Trinajstić information content (AvgIpc) is 2.89. The van der Waals surface area contributed by atoms with E-state index in [4.69, 9.17) is 14.2 Å². The number of ether oxygens (including phenoxy) is 1. The third kappa shape index (κ3) is 3.79. The first-order valence-electron chi connectivity index (χ1n) is 6.05. The Morgan fingerprint density at radius 3 is 3.20 bits per heavy atom. The fourth-order valence-corrected chi connectivity index (χ4v) is 2.39. The largest absolute Gasteiger partial charge is 0.480 e. The minimum absolute atomic E-state index is 0.152. The van der Waals surface area contributed by atoms with Gasteiger partial charge in [0.1, 0.15) is 7.11 Å². The minimum Gasteiger partial charge on any atom is -0.426 e. The highest BCUT2D eigenvalue weighted by Gasteiger charge is 2.32. The second kappa shape index (κ2) is 7.39. The zero-order valence-electron chi connectivity index (χ0n) is 10.9. The van der Waals surface area contributed by atoms with Crippen molar-refractivity contribution in [2.24, 2.45) is 5.16 Å². The number of carbonyl (C=O) groups excluding carboxylic acids is 1. The van der Waals surface area contributed by atoms with Crippen LogP contribution in [0.4, 0.5) is 0 Å². The van der Waals surface area contributed by atoms with Gasteiger partial charge in [0.2, 0.25) is 0 Å². The number of hydrogen-bond donors (Lipinski definition) is 2. The van der Waals surface area contributed by atoms with Crippen molar-refractivity contribution in [3.8, 4) is 0 Å². The Morgan fingerprint density at radius 1 is 1.65 bits per heavy atom. The van der Waals surface area contributed by atoms with Crippen LogP contribution in [0.5, 0.6) is 0 Å². The molecule has 1 aromatic rings. The van der Waals surface area contributed by atoms with Crippen molar-refractivity contribution in [2.75, 3.05) is 26.9 Å². The number of thiophene rings is 1. The molecule has 9 heteroatoms. The summed E-state index contributed by atoms with van der Waals surface area (Å²) in [4.78, 5) is 17.6.